The molecule has 1 aromatic rings. The largest absolute Gasteiger partial charge is 0.497 e. The number of hydrogen-bond acceptors (Lipinski definition) is 3. The fourth-order valence-electron chi connectivity index (χ4n) is 2.78. The molecule has 2 atom stereocenters. The van der Waals surface area contributed by atoms with Gasteiger partial charge in [0.25, 0.3) is 0 Å². The van der Waals surface area contributed by atoms with Crippen molar-refractivity contribution in [3.63, 3.8) is 0 Å². The first kappa shape index (κ1) is 18.9. The van der Waals surface area contributed by atoms with Gasteiger partial charge >= 0.3 is 0 Å². The molecular weight excluding hydrogens is 324 g/mol. The molecule has 2 rings (SSSR count). The Kier molecular flexibility index (Phi) is 7.24. The summed E-state index contributed by atoms with van der Waals surface area (Å²) >= 11 is 0. The molecule has 1 heterocycles. The molecule has 5 nitrogen and oxygen atoms in total. The molecule has 1 aliphatic rings. The van der Waals surface area contributed by atoms with Crippen molar-refractivity contribution in [1.29, 1.82) is 0 Å². The fraction of sp³-hybridized carbons (Fsp3) is 0.611. The lowest BCUT2D eigenvalue weighted by Gasteiger charge is -2.30. The molecule has 24 heavy (non-hydrogen) atoms. The molecule has 0 saturated carbocycles. The maximum Gasteiger partial charge on any atom is 0.224 e. The summed E-state index contributed by atoms with van der Waals surface area (Å²) in [6.45, 7) is 6.31. The molecule has 0 aliphatic carbocycles. The predicted octanol–water partition coefficient (Wildman–Crippen LogP) is 2.59. The standard InChI is InChI=1S/C18H28N2O3S/c1-14(2)10-11-19-18(21)15-5-4-12-20(13-15)24(22)17-8-6-16(23-3)7-9-17/h6-9,14-15H,4-5,10-13H2,1-3H3,(H,19,21). The van der Waals surface area contributed by atoms with Crippen LogP contribution < -0.4 is 10.1 Å². The summed E-state index contributed by atoms with van der Waals surface area (Å²) in [5, 5.41) is 3.02. The van der Waals surface area contributed by atoms with Gasteiger partial charge < -0.3 is 10.1 Å². The molecule has 1 aliphatic heterocycles. The van der Waals surface area contributed by atoms with E-state index in [0.717, 1.165) is 36.5 Å². The van der Waals surface area contributed by atoms with E-state index < -0.39 is 11.0 Å². The number of nitrogens with zero attached hydrogens (tertiary/aromatic N) is 1. The minimum absolute atomic E-state index is 0.0758. The first-order valence-electron chi connectivity index (χ1n) is 8.60. The third kappa shape index (κ3) is 5.31. The second-order valence-corrected chi connectivity index (χ2v) is 8.11. The number of amides is 1. The number of benzene rings is 1. The summed E-state index contributed by atoms with van der Waals surface area (Å²) in [6, 6.07) is 7.27. The molecular formula is C18H28N2O3S. The third-order valence-electron chi connectivity index (χ3n) is 4.27. The van der Waals surface area contributed by atoms with E-state index in [4.69, 9.17) is 4.74 Å². The number of piperidine rings is 1. The summed E-state index contributed by atoms with van der Waals surface area (Å²) in [5.41, 5.74) is 0. The molecule has 0 bridgehead atoms. The lowest BCUT2D eigenvalue weighted by atomic mass is 9.98. The Hall–Kier alpha value is -1.40. The van der Waals surface area contributed by atoms with Gasteiger partial charge in [-0.15, -0.1) is 0 Å². The Bertz CT molecular complexity index is 560. The molecule has 1 saturated heterocycles. The highest BCUT2D eigenvalue weighted by Crippen LogP contribution is 2.22. The lowest BCUT2D eigenvalue weighted by Crippen LogP contribution is -2.43. The summed E-state index contributed by atoms with van der Waals surface area (Å²) in [7, 11) is 0.378. The number of carbonyl (C=O) groups is 1. The van der Waals surface area contributed by atoms with Crippen molar-refractivity contribution in [3.8, 4) is 5.75 Å². The number of hydrogen-bond donors (Lipinski definition) is 1. The van der Waals surface area contributed by atoms with E-state index in [0.29, 0.717) is 19.0 Å². The van der Waals surface area contributed by atoms with Gasteiger partial charge in [-0.3, -0.25) is 4.79 Å². The second kappa shape index (κ2) is 9.18. The molecule has 0 spiro atoms. The van der Waals surface area contributed by atoms with Crippen LogP contribution in [0.5, 0.6) is 5.75 Å². The number of nitrogens with one attached hydrogen (secondary N) is 1. The molecule has 0 radical (unpaired) electrons. The molecule has 0 aromatic heterocycles. The zero-order chi connectivity index (χ0) is 17.5. The van der Waals surface area contributed by atoms with Gasteiger partial charge in [0.1, 0.15) is 16.7 Å². The number of methoxy groups -OCH3 is 1. The van der Waals surface area contributed by atoms with Crippen molar-refractivity contribution in [2.45, 2.75) is 38.0 Å². The van der Waals surface area contributed by atoms with Gasteiger partial charge in [0.05, 0.1) is 17.9 Å². The quantitative estimate of drug-likeness (QED) is 0.820. The second-order valence-electron chi connectivity index (χ2n) is 6.63. The fourth-order valence-corrected chi connectivity index (χ4v) is 4.05. The van der Waals surface area contributed by atoms with Gasteiger partial charge in [0.2, 0.25) is 5.91 Å². The van der Waals surface area contributed by atoms with Gasteiger partial charge in [-0.05, 0) is 49.4 Å². The zero-order valence-corrected chi connectivity index (χ0v) is 15.6. The smallest absolute Gasteiger partial charge is 0.224 e. The van der Waals surface area contributed by atoms with Gasteiger partial charge in [0, 0.05) is 19.6 Å². The summed E-state index contributed by atoms with van der Waals surface area (Å²) < 4.78 is 19.8. The zero-order valence-electron chi connectivity index (χ0n) is 14.8. The van der Waals surface area contributed by atoms with Crippen molar-refractivity contribution in [2.24, 2.45) is 11.8 Å². The monoisotopic (exact) mass is 352 g/mol. The van der Waals surface area contributed by atoms with Crippen molar-refractivity contribution in [1.82, 2.24) is 9.62 Å². The molecule has 1 fully saturated rings. The Labute approximate surface area is 147 Å². The van der Waals surface area contributed by atoms with Crippen LogP contribution >= 0.6 is 0 Å². The van der Waals surface area contributed by atoms with Crippen LogP contribution in [0, 0.1) is 11.8 Å². The van der Waals surface area contributed by atoms with Crippen LogP contribution in [0.15, 0.2) is 29.2 Å². The molecule has 1 N–H and O–H groups in total. The van der Waals surface area contributed by atoms with Crippen LogP contribution in [0.4, 0.5) is 0 Å². The van der Waals surface area contributed by atoms with E-state index in [1.165, 1.54) is 0 Å². The molecule has 1 amide bonds. The Balaban J connectivity index is 1.91. The first-order valence-corrected chi connectivity index (χ1v) is 9.70. The van der Waals surface area contributed by atoms with Crippen LogP contribution in [-0.4, -0.2) is 41.2 Å². The van der Waals surface area contributed by atoms with Crippen LogP contribution in [-0.2, 0) is 15.8 Å². The number of rotatable bonds is 7. The molecule has 2 unspecified atom stereocenters. The Morgan fingerprint density at radius 2 is 2.08 bits per heavy atom. The van der Waals surface area contributed by atoms with E-state index in [1.807, 2.05) is 28.6 Å². The highest BCUT2D eigenvalue weighted by atomic mass is 32.2. The van der Waals surface area contributed by atoms with E-state index in [1.54, 1.807) is 7.11 Å². The summed E-state index contributed by atoms with van der Waals surface area (Å²) in [6.07, 6.45) is 2.74. The van der Waals surface area contributed by atoms with Crippen molar-refractivity contribution < 1.29 is 13.7 Å². The van der Waals surface area contributed by atoms with E-state index in [2.05, 4.69) is 19.2 Å². The van der Waals surface area contributed by atoms with E-state index in [-0.39, 0.29) is 11.8 Å². The Morgan fingerprint density at radius 1 is 1.38 bits per heavy atom. The molecule has 134 valence electrons. The molecule has 6 heteroatoms. The minimum Gasteiger partial charge on any atom is -0.497 e. The van der Waals surface area contributed by atoms with Crippen LogP contribution in [0.2, 0.25) is 0 Å². The van der Waals surface area contributed by atoms with Gasteiger partial charge in [-0.25, -0.2) is 8.51 Å². The van der Waals surface area contributed by atoms with Crippen molar-refractivity contribution in [2.75, 3.05) is 26.7 Å². The lowest BCUT2D eigenvalue weighted by molar-refractivity contribution is -0.126. The molecule has 1 aromatic carbocycles. The Morgan fingerprint density at radius 3 is 2.71 bits per heavy atom. The van der Waals surface area contributed by atoms with E-state index in [9.17, 15) is 9.00 Å². The topological polar surface area (TPSA) is 58.6 Å². The predicted molar refractivity (Wildman–Crippen MR) is 96.2 cm³/mol. The maximum absolute atomic E-state index is 12.7. The SMILES string of the molecule is COc1ccc(S(=O)N2CCCC(C(=O)NCCC(C)C)C2)cc1. The average molecular weight is 353 g/mol. The van der Waals surface area contributed by atoms with Crippen molar-refractivity contribution >= 4 is 16.9 Å². The van der Waals surface area contributed by atoms with Crippen LogP contribution in [0.25, 0.3) is 0 Å². The van der Waals surface area contributed by atoms with E-state index >= 15 is 0 Å². The highest BCUT2D eigenvalue weighted by Gasteiger charge is 2.28. The third-order valence-corrected chi connectivity index (χ3v) is 5.75. The van der Waals surface area contributed by atoms with Crippen LogP contribution in [0.3, 0.4) is 0 Å². The maximum atomic E-state index is 12.7. The summed E-state index contributed by atoms with van der Waals surface area (Å²) in [5.74, 6) is 1.34. The number of carbonyl (C=O) groups excluding carboxylic acids is 1. The van der Waals surface area contributed by atoms with Gasteiger partial charge in [0.15, 0.2) is 0 Å². The van der Waals surface area contributed by atoms with Gasteiger partial charge in [-0.2, -0.15) is 0 Å². The summed E-state index contributed by atoms with van der Waals surface area (Å²) in [4.78, 5) is 13.1. The minimum atomic E-state index is -1.23. The highest BCUT2D eigenvalue weighted by molar-refractivity contribution is 7.82. The number of ether oxygens (including phenoxy) is 1. The normalized spacial score (nSPS) is 19.9. The van der Waals surface area contributed by atoms with Gasteiger partial charge in [-0.1, -0.05) is 13.8 Å². The van der Waals surface area contributed by atoms with Crippen LogP contribution in [0.1, 0.15) is 33.1 Å². The van der Waals surface area contributed by atoms with Crippen molar-refractivity contribution in [3.05, 3.63) is 24.3 Å². The first-order chi connectivity index (χ1) is 11.5. The average Bonchev–Trinajstić information content (AvgIpc) is 2.61.